The second-order valence-electron chi connectivity index (χ2n) is 2.50. The zero-order chi connectivity index (χ0) is 9.42. The van der Waals surface area contributed by atoms with Gasteiger partial charge in [0.15, 0.2) is 11.6 Å². The first-order chi connectivity index (χ1) is 6.22. The summed E-state index contributed by atoms with van der Waals surface area (Å²) in [5.41, 5.74) is 0.269. The van der Waals surface area contributed by atoms with Gasteiger partial charge in [0.05, 0.1) is 11.6 Å². The molecule has 0 N–H and O–H groups in total. The zero-order valence-corrected chi connectivity index (χ0v) is 7.15. The maximum absolute atomic E-state index is 13.0. The van der Waals surface area contributed by atoms with E-state index in [1.807, 2.05) is 0 Å². The van der Waals surface area contributed by atoms with Crippen LogP contribution >= 0.6 is 11.6 Å². The van der Waals surface area contributed by atoms with Crippen LogP contribution in [0.1, 0.15) is 0 Å². The number of hydrogen-bond acceptors (Lipinski definition) is 1. The molecular weight excluding hydrogens is 198 g/mol. The van der Waals surface area contributed by atoms with Gasteiger partial charge in [-0.2, -0.15) is 0 Å². The van der Waals surface area contributed by atoms with Crippen molar-refractivity contribution in [2.45, 2.75) is 0 Å². The van der Waals surface area contributed by atoms with Crippen LogP contribution in [0.3, 0.4) is 0 Å². The van der Waals surface area contributed by atoms with E-state index in [-0.39, 0.29) is 11.6 Å². The molecule has 1 aromatic rings. The van der Waals surface area contributed by atoms with Gasteiger partial charge in [-0.05, 0) is 12.1 Å². The Kier molecular flexibility index (Phi) is 1.92. The molecular formula is C8H4ClF2N2. The summed E-state index contributed by atoms with van der Waals surface area (Å²) < 4.78 is 25.7. The second kappa shape index (κ2) is 2.96. The maximum atomic E-state index is 13.0. The molecule has 0 atom stereocenters. The third kappa shape index (κ3) is 1.27. The molecule has 1 aliphatic rings. The average Bonchev–Trinajstić information content (AvgIpc) is 2.55. The second-order valence-corrected chi connectivity index (χ2v) is 2.77. The van der Waals surface area contributed by atoms with Crippen LogP contribution < -0.4 is 5.32 Å². The van der Waals surface area contributed by atoms with Gasteiger partial charge >= 0.3 is 0 Å². The molecule has 2 nitrogen and oxygen atoms in total. The number of hydrogen-bond donors (Lipinski definition) is 0. The minimum absolute atomic E-state index is 0.0596. The average molecular weight is 202 g/mol. The Balaban J connectivity index is 2.53. The summed E-state index contributed by atoms with van der Waals surface area (Å²) in [5.74, 6) is -1.49. The van der Waals surface area contributed by atoms with Crippen molar-refractivity contribution < 1.29 is 8.78 Å². The lowest BCUT2D eigenvalue weighted by Gasteiger charge is -1.97. The predicted octanol–water partition coefficient (Wildman–Crippen LogP) is 2.48. The van der Waals surface area contributed by atoms with Gasteiger partial charge < -0.3 is 0 Å². The highest BCUT2D eigenvalue weighted by Crippen LogP contribution is 2.34. The van der Waals surface area contributed by atoms with Gasteiger partial charge in [0, 0.05) is 0 Å². The number of nitrogens with zero attached hydrogens (tertiary/aromatic N) is 2. The molecule has 0 amide bonds. The highest BCUT2D eigenvalue weighted by molar-refractivity contribution is 6.29. The summed E-state index contributed by atoms with van der Waals surface area (Å²) in [6.07, 6.45) is 0. The van der Waals surface area contributed by atoms with E-state index in [2.05, 4.69) is 10.3 Å². The van der Waals surface area contributed by atoms with E-state index in [4.69, 9.17) is 11.6 Å². The summed E-state index contributed by atoms with van der Waals surface area (Å²) in [7, 11) is 0. The maximum Gasteiger partial charge on any atom is 0.186 e. The molecule has 1 heterocycles. The zero-order valence-electron chi connectivity index (χ0n) is 6.39. The number of amidine groups is 1. The normalized spacial score (nSPS) is 13.6. The number of alkyl halides is 1. The summed E-state index contributed by atoms with van der Waals surface area (Å²) in [6.45, 7) is 0. The fraction of sp³-hybridized carbons (Fsp3) is 0.125. The number of halogens is 3. The van der Waals surface area contributed by atoms with Crippen LogP contribution in [0.15, 0.2) is 17.1 Å². The fourth-order valence-corrected chi connectivity index (χ4v) is 1.20. The van der Waals surface area contributed by atoms with Crippen molar-refractivity contribution in [1.82, 2.24) is 5.32 Å². The van der Waals surface area contributed by atoms with Crippen molar-refractivity contribution in [3.8, 4) is 0 Å². The number of aliphatic imine (C=N–C) groups is 1. The summed E-state index contributed by atoms with van der Waals surface area (Å²) >= 11 is 5.45. The standard InChI is InChI=1S/C8H4ClF2N2/c9-3-6-12-5-2-1-4(10)7(11)8(5)13-6/h1-2H,3H2. The van der Waals surface area contributed by atoms with Crippen LogP contribution in [-0.4, -0.2) is 11.7 Å². The van der Waals surface area contributed by atoms with Gasteiger partial charge in [0.25, 0.3) is 0 Å². The van der Waals surface area contributed by atoms with Crippen molar-refractivity contribution in [2.24, 2.45) is 4.99 Å². The molecule has 0 unspecified atom stereocenters. The van der Waals surface area contributed by atoms with Crippen molar-refractivity contribution in [3.63, 3.8) is 0 Å². The fourth-order valence-electron chi connectivity index (χ4n) is 1.08. The minimum atomic E-state index is -0.971. The summed E-state index contributed by atoms with van der Waals surface area (Å²) in [6, 6.07) is 2.39. The van der Waals surface area contributed by atoms with E-state index >= 15 is 0 Å². The molecule has 1 aromatic carbocycles. The Morgan fingerprint density at radius 3 is 2.77 bits per heavy atom. The molecule has 0 saturated carbocycles. The Labute approximate surface area is 78.2 Å². The minimum Gasteiger partial charge on any atom is -0.230 e. The highest BCUT2D eigenvalue weighted by Gasteiger charge is 2.20. The van der Waals surface area contributed by atoms with Gasteiger partial charge in [0.1, 0.15) is 11.5 Å². The SMILES string of the molecule is Fc1ccc2c(c1F)N=C(CCl)[N]2. The van der Waals surface area contributed by atoms with Gasteiger partial charge in [-0.3, -0.25) is 0 Å². The monoisotopic (exact) mass is 201 g/mol. The smallest absolute Gasteiger partial charge is 0.186 e. The van der Waals surface area contributed by atoms with E-state index in [0.29, 0.717) is 11.5 Å². The summed E-state index contributed by atoms with van der Waals surface area (Å²) in [5, 5.41) is 3.88. The first-order valence-electron chi connectivity index (χ1n) is 3.55. The molecule has 5 heteroatoms. The molecule has 0 aromatic heterocycles. The summed E-state index contributed by atoms with van der Waals surface area (Å²) in [4.78, 5) is 3.73. The van der Waals surface area contributed by atoms with Crippen LogP contribution in [0.4, 0.5) is 20.2 Å². The van der Waals surface area contributed by atoms with Gasteiger partial charge in [-0.1, -0.05) is 0 Å². The van der Waals surface area contributed by atoms with Crippen molar-refractivity contribution in [3.05, 3.63) is 23.8 Å². The molecule has 2 rings (SSSR count). The lowest BCUT2D eigenvalue weighted by molar-refractivity contribution is 0.511. The Morgan fingerprint density at radius 1 is 1.31 bits per heavy atom. The largest absolute Gasteiger partial charge is 0.230 e. The number of benzene rings is 1. The Bertz CT molecular complexity index is 390. The van der Waals surface area contributed by atoms with E-state index < -0.39 is 11.6 Å². The molecule has 0 fully saturated rings. The van der Waals surface area contributed by atoms with E-state index in [1.54, 1.807) is 0 Å². The molecule has 0 aliphatic carbocycles. The highest BCUT2D eigenvalue weighted by atomic mass is 35.5. The Morgan fingerprint density at radius 2 is 2.08 bits per heavy atom. The van der Waals surface area contributed by atoms with Crippen LogP contribution in [0.2, 0.25) is 0 Å². The molecule has 0 saturated heterocycles. The molecule has 0 bridgehead atoms. The van der Waals surface area contributed by atoms with E-state index in [9.17, 15) is 8.78 Å². The first kappa shape index (κ1) is 8.44. The van der Waals surface area contributed by atoms with Crippen LogP contribution in [0.25, 0.3) is 0 Å². The van der Waals surface area contributed by atoms with Crippen molar-refractivity contribution in [1.29, 1.82) is 0 Å². The first-order valence-corrected chi connectivity index (χ1v) is 4.09. The third-order valence-electron chi connectivity index (χ3n) is 1.66. The number of rotatable bonds is 1. The lowest BCUT2D eigenvalue weighted by Crippen LogP contribution is -2.06. The lowest BCUT2D eigenvalue weighted by atomic mass is 10.2. The van der Waals surface area contributed by atoms with Crippen LogP contribution in [0.5, 0.6) is 0 Å². The quantitative estimate of drug-likeness (QED) is 0.624. The predicted molar refractivity (Wildman–Crippen MR) is 46.0 cm³/mol. The van der Waals surface area contributed by atoms with Gasteiger partial charge in [-0.25, -0.2) is 19.1 Å². The van der Waals surface area contributed by atoms with Crippen LogP contribution in [0, 0.1) is 11.6 Å². The van der Waals surface area contributed by atoms with Crippen molar-refractivity contribution in [2.75, 3.05) is 5.88 Å². The molecule has 13 heavy (non-hydrogen) atoms. The van der Waals surface area contributed by atoms with Crippen molar-refractivity contribution >= 4 is 28.8 Å². The molecule has 0 spiro atoms. The van der Waals surface area contributed by atoms with Gasteiger partial charge in [-0.15, -0.1) is 11.6 Å². The van der Waals surface area contributed by atoms with E-state index in [0.717, 1.165) is 6.07 Å². The van der Waals surface area contributed by atoms with Gasteiger partial charge in [0.2, 0.25) is 0 Å². The number of fused-ring (bicyclic) bond motifs is 1. The molecule has 67 valence electrons. The van der Waals surface area contributed by atoms with Crippen LogP contribution in [-0.2, 0) is 0 Å². The topological polar surface area (TPSA) is 26.5 Å². The van der Waals surface area contributed by atoms with E-state index in [1.165, 1.54) is 6.07 Å². The third-order valence-corrected chi connectivity index (χ3v) is 1.90. The Hall–Kier alpha value is -1.16. The molecule has 1 radical (unpaired) electrons. The molecule has 1 aliphatic heterocycles.